The van der Waals surface area contributed by atoms with Crippen molar-refractivity contribution in [2.75, 3.05) is 26.7 Å². The zero-order chi connectivity index (χ0) is 16.8. The number of rotatable bonds is 6. The fourth-order valence-electron chi connectivity index (χ4n) is 3.13. The zero-order valence-corrected chi connectivity index (χ0v) is 15.1. The van der Waals surface area contributed by atoms with Crippen LogP contribution in [0.2, 0.25) is 0 Å². The highest BCUT2D eigenvalue weighted by molar-refractivity contribution is 7.98. The van der Waals surface area contributed by atoms with Crippen LogP contribution >= 0.6 is 11.8 Å². The van der Waals surface area contributed by atoms with Gasteiger partial charge in [0.05, 0.1) is 0 Å². The Morgan fingerprint density at radius 3 is 2.62 bits per heavy atom. The molecule has 0 saturated carbocycles. The molecule has 0 unspecified atom stereocenters. The van der Waals surface area contributed by atoms with Gasteiger partial charge < -0.3 is 10.0 Å². The van der Waals surface area contributed by atoms with Crippen molar-refractivity contribution in [3.63, 3.8) is 0 Å². The summed E-state index contributed by atoms with van der Waals surface area (Å²) < 4.78 is 0. The summed E-state index contributed by atoms with van der Waals surface area (Å²) in [4.78, 5) is 3.66. The summed E-state index contributed by atoms with van der Waals surface area (Å²) in [7, 11) is 2.12. The van der Waals surface area contributed by atoms with Crippen molar-refractivity contribution in [3.05, 3.63) is 71.3 Å². The maximum Gasteiger partial charge on any atom is 0.0443 e. The number of hydrogen-bond acceptors (Lipinski definition) is 3. The number of thioether (sulfide) groups is 1. The smallest absolute Gasteiger partial charge is 0.0443 e. The second-order valence-corrected chi connectivity index (χ2v) is 7.25. The van der Waals surface area contributed by atoms with Crippen molar-refractivity contribution in [3.8, 4) is 0 Å². The standard InChI is InChI=1S/C21H25NOS/c1-22(14-7-15-23)13-6-11-19-18-9-3-2-8-17(18)16-24-21-12-5-4-10-20(19)21/h2-5,8-12,23H,6-7,13-16H2,1H3/b19-11+. The molecule has 0 bridgehead atoms. The van der Waals surface area contributed by atoms with Gasteiger partial charge in [0, 0.05) is 30.3 Å². The summed E-state index contributed by atoms with van der Waals surface area (Å²) in [6.07, 6.45) is 4.25. The third-order valence-electron chi connectivity index (χ3n) is 4.43. The van der Waals surface area contributed by atoms with Crippen molar-refractivity contribution in [1.29, 1.82) is 0 Å². The Morgan fingerprint density at radius 1 is 1.04 bits per heavy atom. The van der Waals surface area contributed by atoms with Gasteiger partial charge in [-0.3, -0.25) is 0 Å². The molecule has 24 heavy (non-hydrogen) atoms. The first kappa shape index (κ1) is 17.3. The number of benzene rings is 2. The van der Waals surface area contributed by atoms with E-state index < -0.39 is 0 Å². The molecule has 0 atom stereocenters. The lowest BCUT2D eigenvalue weighted by Crippen LogP contribution is -2.21. The lowest BCUT2D eigenvalue weighted by molar-refractivity contribution is 0.249. The second-order valence-electron chi connectivity index (χ2n) is 6.23. The average Bonchev–Trinajstić information content (AvgIpc) is 2.78. The molecule has 0 fully saturated rings. The highest BCUT2D eigenvalue weighted by atomic mass is 32.2. The van der Waals surface area contributed by atoms with Crippen molar-refractivity contribution < 1.29 is 5.11 Å². The Balaban J connectivity index is 1.86. The van der Waals surface area contributed by atoms with Gasteiger partial charge in [-0.2, -0.15) is 0 Å². The van der Waals surface area contributed by atoms with E-state index in [9.17, 15) is 0 Å². The van der Waals surface area contributed by atoms with Gasteiger partial charge in [-0.1, -0.05) is 48.5 Å². The molecule has 1 heterocycles. The summed E-state index contributed by atoms with van der Waals surface area (Å²) in [6, 6.07) is 17.5. The van der Waals surface area contributed by atoms with Gasteiger partial charge in [0.1, 0.15) is 0 Å². The van der Waals surface area contributed by atoms with Gasteiger partial charge in [0.2, 0.25) is 0 Å². The third kappa shape index (κ3) is 4.10. The predicted molar refractivity (Wildman–Crippen MR) is 103 cm³/mol. The highest BCUT2D eigenvalue weighted by Gasteiger charge is 2.17. The Kier molecular flexibility index (Phi) is 6.13. The van der Waals surface area contributed by atoms with Crippen LogP contribution in [-0.2, 0) is 5.75 Å². The Morgan fingerprint density at radius 2 is 1.79 bits per heavy atom. The fourth-order valence-corrected chi connectivity index (χ4v) is 4.20. The van der Waals surface area contributed by atoms with Crippen molar-refractivity contribution in [1.82, 2.24) is 4.90 Å². The van der Waals surface area contributed by atoms with E-state index in [1.807, 2.05) is 11.8 Å². The lowest BCUT2D eigenvalue weighted by atomic mass is 9.93. The number of hydrogen-bond donors (Lipinski definition) is 1. The van der Waals surface area contributed by atoms with Crippen LogP contribution in [0.5, 0.6) is 0 Å². The quantitative estimate of drug-likeness (QED) is 0.842. The lowest BCUT2D eigenvalue weighted by Gasteiger charge is -2.16. The predicted octanol–water partition coefficient (Wildman–Crippen LogP) is 4.43. The topological polar surface area (TPSA) is 23.5 Å². The zero-order valence-electron chi connectivity index (χ0n) is 14.2. The first-order chi connectivity index (χ1) is 11.8. The molecular formula is C21H25NOS. The fraction of sp³-hybridized carbons (Fsp3) is 0.333. The first-order valence-electron chi connectivity index (χ1n) is 8.59. The molecule has 2 aromatic rings. The summed E-state index contributed by atoms with van der Waals surface area (Å²) in [6.45, 7) is 2.23. The molecule has 0 saturated heterocycles. The average molecular weight is 340 g/mol. The van der Waals surface area contributed by atoms with E-state index in [1.165, 1.54) is 27.2 Å². The molecule has 0 aromatic heterocycles. The monoisotopic (exact) mass is 339 g/mol. The van der Waals surface area contributed by atoms with E-state index in [-0.39, 0.29) is 6.61 Å². The molecule has 1 aliphatic rings. The number of aliphatic hydroxyl groups excluding tert-OH is 1. The van der Waals surface area contributed by atoms with Crippen LogP contribution < -0.4 is 0 Å². The molecule has 3 rings (SSSR count). The van der Waals surface area contributed by atoms with E-state index in [1.54, 1.807) is 0 Å². The van der Waals surface area contributed by atoms with Crippen LogP contribution in [0.25, 0.3) is 5.57 Å². The SMILES string of the molecule is CN(CC/C=C1\c2ccccc2CSc2ccccc21)CCCO. The molecule has 0 aliphatic carbocycles. The summed E-state index contributed by atoms with van der Waals surface area (Å²) >= 11 is 1.93. The van der Waals surface area contributed by atoms with Crippen molar-refractivity contribution >= 4 is 17.3 Å². The van der Waals surface area contributed by atoms with E-state index in [0.29, 0.717) is 0 Å². The molecule has 2 nitrogen and oxygen atoms in total. The minimum atomic E-state index is 0.267. The summed E-state index contributed by atoms with van der Waals surface area (Å²) in [5.41, 5.74) is 5.50. The summed E-state index contributed by atoms with van der Waals surface area (Å²) in [5, 5.41) is 8.95. The third-order valence-corrected chi connectivity index (χ3v) is 5.55. The van der Waals surface area contributed by atoms with Crippen LogP contribution in [0, 0.1) is 0 Å². The normalized spacial score (nSPS) is 15.2. The molecule has 1 N–H and O–H groups in total. The van der Waals surface area contributed by atoms with Gasteiger partial charge in [-0.15, -0.1) is 11.8 Å². The molecule has 0 amide bonds. The van der Waals surface area contributed by atoms with E-state index in [0.717, 1.165) is 31.7 Å². The van der Waals surface area contributed by atoms with Crippen molar-refractivity contribution in [2.24, 2.45) is 0 Å². The van der Waals surface area contributed by atoms with E-state index in [2.05, 4.69) is 66.6 Å². The second kappa shape index (κ2) is 8.52. The van der Waals surface area contributed by atoms with Gasteiger partial charge in [0.15, 0.2) is 0 Å². The van der Waals surface area contributed by atoms with E-state index in [4.69, 9.17) is 5.11 Å². The van der Waals surface area contributed by atoms with Gasteiger partial charge in [-0.05, 0) is 48.2 Å². The van der Waals surface area contributed by atoms with Gasteiger partial charge in [0.25, 0.3) is 0 Å². The molecule has 3 heteroatoms. The number of fused-ring (bicyclic) bond motifs is 2. The maximum atomic E-state index is 8.95. The highest BCUT2D eigenvalue weighted by Crippen LogP contribution is 2.39. The first-order valence-corrected chi connectivity index (χ1v) is 9.58. The minimum Gasteiger partial charge on any atom is -0.396 e. The largest absolute Gasteiger partial charge is 0.396 e. The molecule has 2 aromatic carbocycles. The van der Waals surface area contributed by atoms with Crippen LogP contribution in [-0.4, -0.2) is 36.8 Å². The maximum absolute atomic E-state index is 8.95. The van der Waals surface area contributed by atoms with Crippen LogP contribution in [0.3, 0.4) is 0 Å². The van der Waals surface area contributed by atoms with Crippen molar-refractivity contribution in [2.45, 2.75) is 23.5 Å². The minimum absolute atomic E-state index is 0.267. The summed E-state index contributed by atoms with van der Waals surface area (Å²) in [5.74, 6) is 1.03. The van der Waals surface area contributed by atoms with E-state index >= 15 is 0 Å². The molecule has 0 spiro atoms. The Bertz CT molecular complexity index is 661. The molecular weight excluding hydrogens is 314 g/mol. The molecule has 0 radical (unpaired) electrons. The van der Waals surface area contributed by atoms with Crippen LogP contribution in [0.1, 0.15) is 29.5 Å². The number of nitrogens with zero attached hydrogens (tertiary/aromatic N) is 1. The Labute approximate surface area is 149 Å². The molecule has 1 aliphatic heterocycles. The Hall–Kier alpha value is -1.55. The van der Waals surface area contributed by atoms with Crippen LogP contribution in [0.4, 0.5) is 0 Å². The van der Waals surface area contributed by atoms with Gasteiger partial charge >= 0.3 is 0 Å². The van der Waals surface area contributed by atoms with Gasteiger partial charge in [-0.25, -0.2) is 0 Å². The van der Waals surface area contributed by atoms with Crippen LogP contribution in [0.15, 0.2) is 59.5 Å². The molecule has 126 valence electrons. The number of aliphatic hydroxyl groups is 1.